The van der Waals surface area contributed by atoms with Crippen molar-refractivity contribution in [2.75, 3.05) is 38.9 Å². The Morgan fingerprint density at radius 3 is 2.47 bits per heavy atom. The molecule has 1 aromatic heterocycles. The molecule has 0 aliphatic carbocycles. The van der Waals surface area contributed by atoms with Crippen LogP contribution in [0.5, 0.6) is 0 Å². The smallest absolute Gasteiger partial charge is 0.225 e. The first-order valence-corrected chi connectivity index (χ1v) is 6.49. The van der Waals surface area contributed by atoms with Gasteiger partial charge in [-0.3, -0.25) is 0 Å². The van der Waals surface area contributed by atoms with Gasteiger partial charge in [0.25, 0.3) is 0 Å². The molecule has 1 unspecified atom stereocenters. The maximum Gasteiger partial charge on any atom is 0.225 e. The van der Waals surface area contributed by atoms with Crippen LogP contribution in [0.2, 0.25) is 0 Å². The summed E-state index contributed by atoms with van der Waals surface area (Å²) in [5.41, 5.74) is 0. The van der Waals surface area contributed by atoms with Gasteiger partial charge in [-0.2, -0.15) is 0 Å². The Balaban J connectivity index is 2.77. The van der Waals surface area contributed by atoms with Crippen LogP contribution >= 0.6 is 22.6 Å². The molecule has 0 saturated carbocycles. The number of halogens is 1. The van der Waals surface area contributed by atoms with Crippen LogP contribution < -0.4 is 4.90 Å². The highest BCUT2D eigenvalue weighted by Crippen LogP contribution is 2.12. The molecule has 0 fully saturated rings. The Bertz CT molecular complexity index is 321. The lowest BCUT2D eigenvalue weighted by Gasteiger charge is -2.28. The van der Waals surface area contributed by atoms with Crippen LogP contribution in [0.1, 0.15) is 6.92 Å². The van der Waals surface area contributed by atoms with Gasteiger partial charge >= 0.3 is 0 Å². The molecule has 0 aliphatic heterocycles. The fraction of sp³-hybridized carbons (Fsp3) is 0.636. The zero-order valence-electron chi connectivity index (χ0n) is 10.4. The van der Waals surface area contributed by atoms with E-state index in [1.54, 1.807) is 14.2 Å². The van der Waals surface area contributed by atoms with Crippen molar-refractivity contribution >= 4 is 28.5 Å². The molecular formula is C11H18IN3O2. The molecule has 0 N–H and O–H groups in total. The molecule has 0 aliphatic rings. The molecule has 6 heteroatoms. The van der Waals surface area contributed by atoms with Crippen LogP contribution in [-0.2, 0) is 9.47 Å². The van der Waals surface area contributed by atoms with E-state index in [0.717, 1.165) is 10.1 Å². The van der Waals surface area contributed by atoms with E-state index in [1.807, 2.05) is 12.4 Å². The summed E-state index contributed by atoms with van der Waals surface area (Å²) < 4.78 is 11.3. The van der Waals surface area contributed by atoms with Crippen molar-refractivity contribution in [2.45, 2.75) is 13.0 Å². The Hall–Kier alpha value is -0.470. The molecule has 0 bridgehead atoms. The Morgan fingerprint density at radius 2 is 1.94 bits per heavy atom. The number of nitrogens with zero attached hydrogens (tertiary/aromatic N) is 3. The molecule has 0 aromatic carbocycles. The number of methoxy groups -OCH3 is 2. The highest BCUT2D eigenvalue weighted by atomic mass is 127. The predicted molar refractivity (Wildman–Crippen MR) is 75.3 cm³/mol. The molecule has 0 radical (unpaired) electrons. The average Bonchev–Trinajstić information content (AvgIpc) is 2.32. The minimum atomic E-state index is 0.218. The number of aromatic nitrogens is 2. The quantitative estimate of drug-likeness (QED) is 0.698. The third-order valence-corrected chi connectivity index (χ3v) is 2.90. The number of hydrogen-bond donors (Lipinski definition) is 0. The highest BCUT2D eigenvalue weighted by molar-refractivity contribution is 14.1. The van der Waals surface area contributed by atoms with Gasteiger partial charge in [-0.05, 0) is 29.5 Å². The number of anilines is 1. The normalized spacial score (nSPS) is 12.5. The fourth-order valence-electron chi connectivity index (χ4n) is 1.49. The van der Waals surface area contributed by atoms with E-state index in [2.05, 4.69) is 44.4 Å². The lowest BCUT2D eigenvalue weighted by atomic mass is 10.3. The van der Waals surface area contributed by atoms with E-state index >= 15 is 0 Å². The molecular weight excluding hydrogens is 333 g/mol. The van der Waals surface area contributed by atoms with Crippen molar-refractivity contribution in [3.05, 3.63) is 16.0 Å². The lowest BCUT2D eigenvalue weighted by molar-refractivity contribution is 0.170. The van der Waals surface area contributed by atoms with Gasteiger partial charge in [0.15, 0.2) is 0 Å². The molecule has 5 nitrogen and oxygen atoms in total. The Morgan fingerprint density at radius 1 is 1.29 bits per heavy atom. The van der Waals surface area contributed by atoms with Crippen LogP contribution in [0, 0.1) is 3.57 Å². The van der Waals surface area contributed by atoms with Crippen LogP contribution in [0.25, 0.3) is 0 Å². The number of hydrogen-bond acceptors (Lipinski definition) is 5. The molecule has 1 atom stereocenters. The zero-order valence-corrected chi connectivity index (χ0v) is 12.5. The van der Waals surface area contributed by atoms with Crippen molar-refractivity contribution < 1.29 is 9.47 Å². The van der Waals surface area contributed by atoms with Gasteiger partial charge in [0, 0.05) is 36.7 Å². The van der Waals surface area contributed by atoms with E-state index in [9.17, 15) is 0 Å². The molecule has 96 valence electrons. The van der Waals surface area contributed by atoms with Gasteiger partial charge in [0.2, 0.25) is 5.95 Å². The second-order valence-corrected chi connectivity index (χ2v) is 4.94. The summed E-state index contributed by atoms with van der Waals surface area (Å²) in [7, 11) is 3.38. The van der Waals surface area contributed by atoms with Gasteiger partial charge in [-0.25, -0.2) is 9.97 Å². The summed E-state index contributed by atoms with van der Waals surface area (Å²) in [6.07, 6.45) is 3.62. The monoisotopic (exact) mass is 351 g/mol. The maximum atomic E-state index is 5.17. The van der Waals surface area contributed by atoms with Crippen molar-refractivity contribution in [1.82, 2.24) is 9.97 Å². The van der Waals surface area contributed by atoms with Gasteiger partial charge in [0.05, 0.1) is 19.3 Å². The van der Waals surface area contributed by atoms with E-state index in [4.69, 9.17) is 9.47 Å². The lowest BCUT2D eigenvalue weighted by Crippen LogP contribution is -2.39. The van der Waals surface area contributed by atoms with Crippen LogP contribution in [-0.4, -0.2) is 50.0 Å². The third kappa shape index (κ3) is 4.72. The van der Waals surface area contributed by atoms with Crippen molar-refractivity contribution in [3.63, 3.8) is 0 Å². The van der Waals surface area contributed by atoms with E-state index in [1.165, 1.54) is 0 Å². The second kappa shape index (κ2) is 7.78. The predicted octanol–water partition coefficient (Wildman–Crippen LogP) is 1.57. The van der Waals surface area contributed by atoms with Crippen LogP contribution in [0.4, 0.5) is 5.95 Å². The zero-order chi connectivity index (χ0) is 12.7. The summed E-state index contributed by atoms with van der Waals surface area (Å²) in [4.78, 5) is 10.7. The van der Waals surface area contributed by atoms with Gasteiger partial charge in [0.1, 0.15) is 0 Å². The van der Waals surface area contributed by atoms with Crippen molar-refractivity contribution in [2.24, 2.45) is 0 Å². The SMILES string of the molecule is COCCN(c1ncc(I)cn1)C(C)COC. The Labute approximate surface area is 116 Å². The first kappa shape index (κ1) is 14.6. The number of rotatable bonds is 7. The van der Waals surface area contributed by atoms with E-state index < -0.39 is 0 Å². The molecule has 0 saturated heterocycles. The standard InChI is InChI=1S/C11H18IN3O2/c1-9(8-17-3)15(4-5-16-2)11-13-6-10(12)7-14-11/h6-7,9H,4-5,8H2,1-3H3. The summed E-state index contributed by atoms with van der Waals surface area (Å²) in [6.45, 7) is 4.12. The molecule has 1 rings (SSSR count). The third-order valence-electron chi connectivity index (χ3n) is 2.34. The van der Waals surface area contributed by atoms with Gasteiger partial charge in [-0.15, -0.1) is 0 Å². The van der Waals surface area contributed by atoms with Crippen LogP contribution in [0.15, 0.2) is 12.4 Å². The molecule has 1 aromatic rings. The first-order valence-electron chi connectivity index (χ1n) is 5.41. The molecule has 0 spiro atoms. The van der Waals surface area contributed by atoms with E-state index in [0.29, 0.717) is 19.2 Å². The average molecular weight is 351 g/mol. The second-order valence-electron chi connectivity index (χ2n) is 3.69. The largest absolute Gasteiger partial charge is 0.383 e. The topological polar surface area (TPSA) is 47.5 Å². The fourth-order valence-corrected chi connectivity index (χ4v) is 1.77. The molecule has 17 heavy (non-hydrogen) atoms. The van der Waals surface area contributed by atoms with Crippen molar-refractivity contribution in [1.29, 1.82) is 0 Å². The summed E-state index contributed by atoms with van der Waals surface area (Å²) >= 11 is 2.19. The summed E-state index contributed by atoms with van der Waals surface area (Å²) in [6, 6.07) is 0.218. The molecule has 0 amide bonds. The minimum Gasteiger partial charge on any atom is -0.383 e. The summed E-state index contributed by atoms with van der Waals surface area (Å²) in [5.74, 6) is 0.715. The summed E-state index contributed by atoms with van der Waals surface area (Å²) in [5, 5.41) is 0. The minimum absolute atomic E-state index is 0.218. The highest BCUT2D eigenvalue weighted by Gasteiger charge is 2.16. The van der Waals surface area contributed by atoms with Crippen LogP contribution in [0.3, 0.4) is 0 Å². The van der Waals surface area contributed by atoms with E-state index in [-0.39, 0.29) is 6.04 Å². The Kier molecular flexibility index (Phi) is 6.68. The molecule has 1 heterocycles. The van der Waals surface area contributed by atoms with Crippen molar-refractivity contribution in [3.8, 4) is 0 Å². The van der Waals surface area contributed by atoms with Gasteiger partial charge in [-0.1, -0.05) is 0 Å². The maximum absolute atomic E-state index is 5.17. The number of ether oxygens (including phenoxy) is 2. The van der Waals surface area contributed by atoms with Gasteiger partial charge < -0.3 is 14.4 Å². The first-order chi connectivity index (χ1) is 8.19.